The third-order valence-electron chi connectivity index (χ3n) is 10.3. The number of halogens is 3. The molecule has 2 aromatic heterocycles. The van der Waals surface area contributed by atoms with Gasteiger partial charge >= 0.3 is 6.01 Å². The predicted octanol–water partition coefficient (Wildman–Crippen LogP) is 4.75. The Morgan fingerprint density at radius 3 is 2.89 bits per heavy atom. The molecule has 3 saturated heterocycles. The number of rotatable bonds is 4. The van der Waals surface area contributed by atoms with Crippen LogP contribution in [-0.4, -0.2) is 88.3 Å². The highest BCUT2D eigenvalue weighted by atomic mass is 19.1. The van der Waals surface area contributed by atoms with Crippen molar-refractivity contribution in [1.29, 1.82) is 0 Å². The van der Waals surface area contributed by atoms with Gasteiger partial charge in [-0.25, -0.2) is 18.2 Å². The number of fused-ring (bicyclic) bond motifs is 6. The summed E-state index contributed by atoms with van der Waals surface area (Å²) in [6, 6.07) is 5.27. The molecule has 1 saturated carbocycles. The van der Waals surface area contributed by atoms with Crippen LogP contribution in [0.1, 0.15) is 31.2 Å². The van der Waals surface area contributed by atoms with Crippen LogP contribution in [0, 0.1) is 29.9 Å². The Labute approximate surface area is 262 Å². The number of phenols is 1. The number of terminal acetylenes is 1. The fraction of sp³-hybridized carbons (Fsp3) is 0.441. The summed E-state index contributed by atoms with van der Waals surface area (Å²) in [6.07, 6.45) is 7.77. The highest BCUT2D eigenvalue weighted by Crippen LogP contribution is 2.48. The Hall–Kier alpha value is -4.34. The molecule has 4 fully saturated rings. The van der Waals surface area contributed by atoms with Gasteiger partial charge in [-0.1, -0.05) is 12.0 Å². The molecule has 0 radical (unpaired) electrons. The largest absolute Gasteiger partial charge is 0.508 e. The molecular weight excluding hydrogens is 599 g/mol. The van der Waals surface area contributed by atoms with Crippen LogP contribution in [0.5, 0.6) is 17.6 Å². The number of aromatic hydroxyl groups is 1. The van der Waals surface area contributed by atoms with Crippen molar-refractivity contribution in [3.63, 3.8) is 0 Å². The third-order valence-corrected chi connectivity index (χ3v) is 10.3. The summed E-state index contributed by atoms with van der Waals surface area (Å²) in [4.78, 5) is 18.3. The van der Waals surface area contributed by atoms with Gasteiger partial charge < -0.3 is 24.2 Å². The maximum Gasteiger partial charge on any atom is 0.319 e. The number of alkyl halides is 1. The van der Waals surface area contributed by atoms with Crippen molar-refractivity contribution in [1.82, 2.24) is 19.9 Å². The molecule has 4 aromatic rings. The Kier molecular flexibility index (Phi) is 6.12. The van der Waals surface area contributed by atoms with Crippen molar-refractivity contribution >= 4 is 27.5 Å². The van der Waals surface area contributed by atoms with Gasteiger partial charge in [0.1, 0.15) is 53.4 Å². The molecule has 9 nitrogen and oxygen atoms in total. The molecule has 0 bridgehead atoms. The van der Waals surface area contributed by atoms with Crippen LogP contribution in [0.25, 0.3) is 32.9 Å². The highest BCUT2D eigenvalue weighted by molar-refractivity contribution is 6.04. The van der Waals surface area contributed by atoms with Crippen molar-refractivity contribution in [3.8, 4) is 41.2 Å². The van der Waals surface area contributed by atoms with E-state index in [1.807, 2.05) is 0 Å². The van der Waals surface area contributed by atoms with Crippen molar-refractivity contribution in [2.75, 3.05) is 44.4 Å². The lowest BCUT2D eigenvalue weighted by molar-refractivity contribution is 0.106. The fourth-order valence-electron chi connectivity index (χ4n) is 8.13. The van der Waals surface area contributed by atoms with Crippen molar-refractivity contribution in [3.05, 3.63) is 41.5 Å². The van der Waals surface area contributed by atoms with Crippen LogP contribution >= 0.6 is 0 Å². The molecule has 6 heterocycles. The summed E-state index contributed by atoms with van der Waals surface area (Å²) in [5.74, 6) is 1.57. The molecule has 1 aliphatic carbocycles. The molecule has 5 aliphatic rings. The van der Waals surface area contributed by atoms with Gasteiger partial charge in [-0.15, -0.1) is 6.42 Å². The van der Waals surface area contributed by atoms with Crippen LogP contribution in [0.15, 0.2) is 24.3 Å². The fourth-order valence-corrected chi connectivity index (χ4v) is 8.13. The van der Waals surface area contributed by atoms with E-state index in [9.17, 15) is 13.9 Å². The molecule has 0 amide bonds. The van der Waals surface area contributed by atoms with E-state index in [0.717, 1.165) is 25.8 Å². The lowest BCUT2D eigenvalue weighted by atomic mass is 9.95. The molecule has 0 unspecified atom stereocenters. The molecule has 9 rings (SSSR count). The molecule has 46 heavy (non-hydrogen) atoms. The second kappa shape index (κ2) is 10.1. The number of ether oxygens (including phenoxy) is 3. The molecule has 5 atom stereocenters. The van der Waals surface area contributed by atoms with Crippen LogP contribution < -0.4 is 14.4 Å². The third kappa shape index (κ3) is 4.14. The monoisotopic (exact) mass is 629 g/mol. The van der Waals surface area contributed by atoms with Crippen LogP contribution in [0.3, 0.4) is 0 Å². The van der Waals surface area contributed by atoms with Crippen LogP contribution in [0.4, 0.5) is 19.0 Å². The smallest absolute Gasteiger partial charge is 0.319 e. The van der Waals surface area contributed by atoms with Gasteiger partial charge in [0.15, 0.2) is 5.82 Å². The minimum absolute atomic E-state index is 0.0350. The van der Waals surface area contributed by atoms with Crippen molar-refractivity contribution in [2.24, 2.45) is 5.92 Å². The van der Waals surface area contributed by atoms with Gasteiger partial charge in [0.25, 0.3) is 0 Å². The van der Waals surface area contributed by atoms with Gasteiger partial charge in [-0.05, 0) is 49.4 Å². The molecule has 0 spiro atoms. The topological polar surface area (TPSA) is 93.1 Å². The Bertz CT molecular complexity index is 1990. The SMILES string of the molecule is C#Cc1c(F)ccc2cc(O)cc(-c3nc4c5c(nc(OC[C@@]67CCCN6C[C@H](F)C7)nc5c3F)N3[C@@H](COC[C@@H]5C[C@@H]53)CO4)c12. The molecule has 236 valence electrons. The van der Waals surface area contributed by atoms with E-state index in [1.54, 1.807) is 0 Å². The molecule has 4 aliphatic heterocycles. The molecular formula is C34H30F3N5O4. The maximum atomic E-state index is 17.0. The van der Waals surface area contributed by atoms with Crippen LogP contribution in [-0.2, 0) is 4.74 Å². The highest BCUT2D eigenvalue weighted by Gasteiger charge is 2.51. The first-order chi connectivity index (χ1) is 22.3. The minimum atomic E-state index is -0.934. The maximum absolute atomic E-state index is 17.0. The zero-order valence-corrected chi connectivity index (χ0v) is 24.8. The first-order valence-electron chi connectivity index (χ1n) is 15.7. The number of aromatic nitrogens is 3. The predicted molar refractivity (Wildman–Crippen MR) is 163 cm³/mol. The molecule has 1 N–H and O–H groups in total. The first kappa shape index (κ1) is 27.9. The summed E-state index contributed by atoms with van der Waals surface area (Å²) in [5.41, 5.74) is -0.752. The van der Waals surface area contributed by atoms with Gasteiger partial charge in [0, 0.05) is 35.9 Å². The van der Waals surface area contributed by atoms with Crippen LogP contribution in [0.2, 0.25) is 0 Å². The van der Waals surface area contributed by atoms with Gasteiger partial charge in [-0.2, -0.15) is 9.97 Å². The lowest BCUT2D eigenvalue weighted by Crippen LogP contribution is -2.44. The summed E-state index contributed by atoms with van der Waals surface area (Å²) in [6.45, 7) is 2.54. The summed E-state index contributed by atoms with van der Waals surface area (Å²) in [5, 5.41) is 11.6. The summed E-state index contributed by atoms with van der Waals surface area (Å²) in [7, 11) is 0. The second-order valence-electron chi connectivity index (χ2n) is 13.1. The summed E-state index contributed by atoms with van der Waals surface area (Å²) < 4.78 is 65.0. The van der Waals surface area contributed by atoms with E-state index in [1.165, 1.54) is 24.3 Å². The number of hydrogen-bond acceptors (Lipinski definition) is 9. The number of benzene rings is 2. The van der Waals surface area contributed by atoms with Crippen molar-refractivity contribution < 1.29 is 32.5 Å². The first-order valence-corrected chi connectivity index (χ1v) is 15.7. The molecule has 12 heteroatoms. The van der Waals surface area contributed by atoms with Gasteiger partial charge in [0.2, 0.25) is 5.88 Å². The Morgan fingerprint density at radius 1 is 1.13 bits per heavy atom. The summed E-state index contributed by atoms with van der Waals surface area (Å²) >= 11 is 0. The van der Waals surface area contributed by atoms with Crippen molar-refractivity contribution in [2.45, 2.75) is 49.5 Å². The van der Waals surface area contributed by atoms with E-state index in [2.05, 4.69) is 25.7 Å². The van der Waals surface area contributed by atoms with E-state index in [4.69, 9.17) is 25.6 Å². The average Bonchev–Trinajstić information content (AvgIpc) is 3.66. The Morgan fingerprint density at radius 2 is 2.02 bits per heavy atom. The molecule has 2 aromatic carbocycles. The van der Waals surface area contributed by atoms with Gasteiger partial charge in [-0.3, -0.25) is 4.90 Å². The Balaban J connectivity index is 1.25. The number of phenolic OH excluding ortho intramolecular Hbond substituents is 1. The van der Waals surface area contributed by atoms with E-state index in [-0.39, 0.29) is 70.7 Å². The lowest BCUT2D eigenvalue weighted by Gasteiger charge is -2.31. The van der Waals surface area contributed by atoms with Gasteiger partial charge in [0.05, 0.1) is 30.4 Å². The van der Waals surface area contributed by atoms with E-state index >= 15 is 4.39 Å². The number of pyridine rings is 1. The van der Waals surface area contributed by atoms with E-state index < -0.39 is 23.3 Å². The second-order valence-corrected chi connectivity index (χ2v) is 13.1. The normalized spacial score (nSPS) is 28.2. The standard InChI is InChI=1S/C34H30F3N5O4/c1-2-22-24(36)5-4-17-8-21(43)10-23(26(17)22)29-28(37)30-27-31(42-20(15-45-32(27)38-29)14-44-13-18-9-25(18)42)40-33(39-30)46-16-34-6-3-7-41(34)12-19(35)11-34/h1,4-5,8,10,18-20,25,43H,3,6-7,9,11-16H2/t18-,19+,20-,25-,34-/m0/s1. The number of nitrogens with zero attached hydrogens (tertiary/aromatic N) is 5. The van der Waals surface area contributed by atoms with E-state index in [0.29, 0.717) is 48.7 Å². The number of hydrogen-bond donors (Lipinski definition) is 1. The number of anilines is 1. The minimum Gasteiger partial charge on any atom is -0.508 e. The zero-order chi connectivity index (χ0) is 31.3. The quantitative estimate of drug-likeness (QED) is 0.321. The average molecular weight is 630 g/mol. The zero-order valence-electron chi connectivity index (χ0n) is 24.8.